The van der Waals surface area contributed by atoms with E-state index < -0.39 is 0 Å². The van der Waals surface area contributed by atoms with Crippen LogP contribution in [0.25, 0.3) is 0 Å². The summed E-state index contributed by atoms with van der Waals surface area (Å²) >= 11 is 0. The predicted octanol–water partition coefficient (Wildman–Crippen LogP) is 2.79. The van der Waals surface area contributed by atoms with Crippen LogP contribution >= 0.6 is 0 Å². The number of nitrogens with one attached hydrogen (secondary N) is 1. The summed E-state index contributed by atoms with van der Waals surface area (Å²) in [5.41, 5.74) is 1.13. The van der Waals surface area contributed by atoms with Crippen LogP contribution in [-0.2, 0) is 0 Å². The molecule has 1 unspecified atom stereocenters. The van der Waals surface area contributed by atoms with Gasteiger partial charge in [-0.3, -0.25) is 0 Å². The minimum Gasteiger partial charge on any atom is -0.370 e. The molecule has 17 heavy (non-hydrogen) atoms. The third kappa shape index (κ3) is 3.43. The molecule has 94 valence electrons. The molecule has 3 heteroatoms. The lowest BCUT2D eigenvalue weighted by Crippen LogP contribution is -2.47. The maximum Gasteiger partial charge on any atom is 0.123 e. The Morgan fingerprint density at radius 2 is 2.00 bits per heavy atom. The summed E-state index contributed by atoms with van der Waals surface area (Å²) < 4.78 is 12.9. The van der Waals surface area contributed by atoms with E-state index in [0.29, 0.717) is 12.1 Å². The van der Waals surface area contributed by atoms with E-state index in [2.05, 4.69) is 24.1 Å². The number of rotatable bonds is 3. The average molecular weight is 236 g/mol. The summed E-state index contributed by atoms with van der Waals surface area (Å²) in [5.74, 6) is -0.164. The molecule has 0 amide bonds. The van der Waals surface area contributed by atoms with Crippen LogP contribution in [0.15, 0.2) is 24.3 Å². The lowest BCUT2D eigenvalue weighted by Gasteiger charge is -2.35. The van der Waals surface area contributed by atoms with E-state index in [-0.39, 0.29) is 5.82 Å². The summed E-state index contributed by atoms with van der Waals surface area (Å²) in [6.45, 7) is 6.44. The predicted molar refractivity (Wildman–Crippen MR) is 69.9 cm³/mol. The second-order valence-corrected chi connectivity index (χ2v) is 5.08. The van der Waals surface area contributed by atoms with E-state index in [4.69, 9.17) is 0 Å². The van der Waals surface area contributed by atoms with E-state index in [9.17, 15) is 4.39 Å². The summed E-state index contributed by atoms with van der Waals surface area (Å²) in [6.07, 6.45) is 2.43. The van der Waals surface area contributed by atoms with Gasteiger partial charge in [-0.1, -0.05) is 13.8 Å². The largest absolute Gasteiger partial charge is 0.370 e. The third-order valence-electron chi connectivity index (χ3n) is 3.18. The van der Waals surface area contributed by atoms with Crippen molar-refractivity contribution in [1.82, 2.24) is 5.32 Å². The lowest BCUT2D eigenvalue weighted by molar-refractivity contribution is 0.394. The van der Waals surface area contributed by atoms with Crippen molar-refractivity contribution in [2.24, 2.45) is 0 Å². The molecule has 0 aromatic heterocycles. The molecule has 1 aliphatic rings. The summed E-state index contributed by atoms with van der Waals surface area (Å²) in [4.78, 5) is 2.34. The first-order valence-electron chi connectivity index (χ1n) is 6.41. The fourth-order valence-electron chi connectivity index (χ4n) is 2.47. The Morgan fingerprint density at radius 3 is 2.65 bits per heavy atom. The van der Waals surface area contributed by atoms with Crippen LogP contribution in [0.3, 0.4) is 0 Å². The van der Waals surface area contributed by atoms with Gasteiger partial charge in [0.1, 0.15) is 5.82 Å². The topological polar surface area (TPSA) is 15.3 Å². The van der Waals surface area contributed by atoms with E-state index >= 15 is 0 Å². The summed E-state index contributed by atoms with van der Waals surface area (Å²) in [7, 11) is 0. The minimum atomic E-state index is -0.164. The number of benzene rings is 1. The molecule has 0 saturated carbocycles. The molecule has 1 aromatic carbocycles. The SMILES string of the molecule is CC(C)NC1CCCN(c2ccc(F)cc2)C1. The van der Waals surface area contributed by atoms with Crippen molar-refractivity contribution in [3.8, 4) is 0 Å². The average Bonchev–Trinajstić information content (AvgIpc) is 2.29. The number of nitrogens with zero attached hydrogens (tertiary/aromatic N) is 1. The number of piperidine rings is 1. The van der Waals surface area contributed by atoms with E-state index in [1.165, 1.54) is 25.0 Å². The number of hydrogen-bond acceptors (Lipinski definition) is 2. The highest BCUT2D eigenvalue weighted by Gasteiger charge is 2.20. The zero-order valence-corrected chi connectivity index (χ0v) is 10.6. The highest BCUT2D eigenvalue weighted by molar-refractivity contribution is 5.46. The van der Waals surface area contributed by atoms with Gasteiger partial charge in [0.2, 0.25) is 0 Å². The van der Waals surface area contributed by atoms with Crippen LogP contribution in [0.2, 0.25) is 0 Å². The molecular weight excluding hydrogens is 215 g/mol. The van der Waals surface area contributed by atoms with Crippen molar-refractivity contribution in [1.29, 1.82) is 0 Å². The second kappa shape index (κ2) is 5.50. The Hall–Kier alpha value is -1.09. The standard InChI is InChI=1S/C14H21FN2/c1-11(2)16-13-4-3-9-17(10-13)14-7-5-12(15)6-8-14/h5-8,11,13,16H,3-4,9-10H2,1-2H3. The Bertz CT molecular complexity index is 348. The van der Waals surface area contributed by atoms with Crippen molar-refractivity contribution < 1.29 is 4.39 Å². The maximum atomic E-state index is 12.9. The molecule has 0 radical (unpaired) electrons. The van der Waals surface area contributed by atoms with Crippen molar-refractivity contribution in [2.75, 3.05) is 18.0 Å². The number of anilines is 1. The smallest absolute Gasteiger partial charge is 0.123 e. The van der Waals surface area contributed by atoms with Gasteiger partial charge in [0, 0.05) is 30.9 Å². The molecule has 1 aliphatic heterocycles. The Balaban J connectivity index is 1.99. The molecule has 0 spiro atoms. The maximum absolute atomic E-state index is 12.9. The molecule has 0 aliphatic carbocycles. The van der Waals surface area contributed by atoms with Gasteiger partial charge < -0.3 is 10.2 Å². The molecule has 1 N–H and O–H groups in total. The van der Waals surface area contributed by atoms with Crippen LogP contribution in [0.1, 0.15) is 26.7 Å². The van der Waals surface area contributed by atoms with E-state index in [1.807, 2.05) is 12.1 Å². The van der Waals surface area contributed by atoms with E-state index in [0.717, 1.165) is 18.8 Å². The molecular formula is C14H21FN2. The van der Waals surface area contributed by atoms with Crippen molar-refractivity contribution in [2.45, 2.75) is 38.8 Å². The van der Waals surface area contributed by atoms with Gasteiger partial charge >= 0.3 is 0 Å². The monoisotopic (exact) mass is 236 g/mol. The normalized spacial score (nSPS) is 20.9. The van der Waals surface area contributed by atoms with Crippen LogP contribution in [0.5, 0.6) is 0 Å². The molecule has 1 saturated heterocycles. The van der Waals surface area contributed by atoms with Gasteiger partial charge in [-0.15, -0.1) is 0 Å². The van der Waals surface area contributed by atoms with Gasteiger partial charge in [0.25, 0.3) is 0 Å². The highest BCUT2D eigenvalue weighted by Crippen LogP contribution is 2.20. The van der Waals surface area contributed by atoms with Crippen LogP contribution in [0.4, 0.5) is 10.1 Å². The molecule has 1 aromatic rings. The quantitative estimate of drug-likeness (QED) is 0.868. The van der Waals surface area contributed by atoms with Gasteiger partial charge in [0.05, 0.1) is 0 Å². The zero-order chi connectivity index (χ0) is 12.3. The minimum absolute atomic E-state index is 0.164. The zero-order valence-electron chi connectivity index (χ0n) is 10.6. The second-order valence-electron chi connectivity index (χ2n) is 5.08. The first-order valence-corrected chi connectivity index (χ1v) is 6.41. The molecule has 2 rings (SSSR count). The molecule has 1 heterocycles. The van der Waals surface area contributed by atoms with Crippen molar-refractivity contribution in [3.05, 3.63) is 30.1 Å². The van der Waals surface area contributed by atoms with Gasteiger partial charge in [0.15, 0.2) is 0 Å². The van der Waals surface area contributed by atoms with Crippen LogP contribution in [0, 0.1) is 5.82 Å². The van der Waals surface area contributed by atoms with Crippen LogP contribution < -0.4 is 10.2 Å². The fourth-order valence-corrected chi connectivity index (χ4v) is 2.47. The highest BCUT2D eigenvalue weighted by atomic mass is 19.1. The Labute approximate surface area is 103 Å². The Kier molecular flexibility index (Phi) is 4.00. The van der Waals surface area contributed by atoms with Gasteiger partial charge in [-0.2, -0.15) is 0 Å². The molecule has 2 nitrogen and oxygen atoms in total. The lowest BCUT2D eigenvalue weighted by atomic mass is 10.0. The first kappa shape index (κ1) is 12.4. The van der Waals surface area contributed by atoms with Crippen molar-refractivity contribution >= 4 is 5.69 Å². The molecule has 0 bridgehead atoms. The summed E-state index contributed by atoms with van der Waals surface area (Å²) in [6, 6.07) is 7.88. The number of hydrogen-bond donors (Lipinski definition) is 1. The fraction of sp³-hybridized carbons (Fsp3) is 0.571. The van der Waals surface area contributed by atoms with Crippen LogP contribution in [-0.4, -0.2) is 25.2 Å². The molecule has 1 fully saturated rings. The Morgan fingerprint density at radius 1 is 1.29 bits per heavy atom. The van der Waals surface area contributed by atoms with E-state index in [1.54, 1.807) is 0 Å². The van der Waals surface area contributed by atoms with Gasteiger partial charge in [-0.05, 0) is 37.1 Å². The summed E-state index contributed by atoms with van der Waals surface area (Å²) in [5, 5.41) is 3.58. The van der Waals surface area contributed by atoms with Crippen molar-refractivity contribution in [3.63, 3.8) is 0 Å². The molecule has 1 atom stereocenters. The number of halogens is 1. The van der Waals surface area contributed by atoms with Gasteiger partial charge in [-0.25, -0.2) is 4.39 Å². The first-order chi connectivity index (χ1) is 8.15. The third-order valence-corrected chi connectivity index (χ3v) is 3.18.